The van der Waals surface area contributed by atoms with Crippen LogP contribution in [0.5, 0.6) is 0 Å². The minimum absolute atomic E-state index is 0. The number of guanidine groups is 1. The number of aliphatic imine (C=N–C) groups is 1. The monoisotopic (exact) mass is 382 g/mol. The van der Waals surface area contributed by atoms with Gasteiger partial charge in [0.25, 0.3) is 0 Å². The van der Waals surface area contributed by atoms with Crippen molar-refractivity contribution < 1.29 is 0 Å². The number of hydrogen-bond acceptors (Lipinski definition) is 2. The zero-order valence-electron chi connectivity index (χ0n) is 12.7. The van der Waals surface area contributed by atoms with Gasteiger partial charge >= 0.3 is 0 Å². The first kappa shape index (κ1) is 19.0. The Morgan fingerprint density at radius 1 is 1.32 bits per heavy atom. The molecule has 0 amide bonds. The zero-order chi connectivity index (χ0) is 13.4. The molecule has 1 unspecified atom stereocenters. The van der Waals surface area contributed by atoms with Gasteiger partial charge in [-0.15, -0.1) is 24.0 Å². The SMILES string of the molecule is CCC(CN=C(N)NCCC(C)C)N1CCCC1.I. The topological polar surface area (TPSA) is 53.6 Å². The summed E-state index contributed by atoms with van der Waals surface area (Å²) < 4.78 is 0. The second-order valence-electron chi connectivity index (χ2n) is 5.64. The summed E-state index contributed by atoms with van der Waals surface area (Å²) in [5, 5.41) is 3.19. The first-order valence-electron chi connectivity index (χ1n) is 7.41. The lowest BCUT2D eigenvalue weighted by molar-refractivity contribution is 0.242. The van der Waals surface area contributed by atoms with Crippen molar-refractivity contribution in [2.75, 3.05) is 26.2 Å². The fourth-order valence-electron chi connectivity index (χ4n) is 2.36. The Bertz CT molecular complexity index is 250. The molecule has 19 heavy (non-hydrogen) atoms. The highest BCUT2D eigenvalue weighted by atomic mass is 127. The molecule has 4 nitrogen and oxygen atoms in total. The van der Waals surface area contributed by atoms with Crippen molar-refractivity contribution in [2.24, 2.45) is 16.6 Å². The van der Waals surface area contributed by atoms with Gasteiger partial charge in [-0.2, -0.15) is 0 Å². The molecule has 3 N–H and O–H groups in total. The van der Waals surface area contributed by atoms with Gasteiger partial charge in [0.05, 0.1) is 6.54 Å². The Morgan fingerprint density at radius 3 is 2.47 bits per heavy atom. The average Bonchev–Trinajstić information content (AvgIpc) is 2.83. The number of nitrogens with one attached hydrogen (secondary N) is 1. The van der Waals surface area contributed by atoms with E-state index in [1.165, 1.54) is 25.9 Å². The van der Waals surface area contributed by atoms with Crippen LogP contribution in [0.3, 0.4) is 0 Å². The summed E-state index contributed by atoms with van der Waals surface area (Å²) in [6, 6.07) is 0.568. The molecule has 1 rings (SSSR count). The molecule has 0 bridgehead atoms. The van der Waals surface area contributed by atoms with E-state index in [9.17, 15) is 0 Å². The predicted octanol–water partition coefficient (Wildman–Crippen LogP) is 2.43. The summed E-state index contributed by atoms with van der Waals surface area (Å²) in [6.07, 6.45) is 4.97. The van der Waals surface area contributed by atoms with Crippen molar-refractivity contribution >= 4 is 29.9 Å². The van der Waals surface area contributed by atoms with Gasteiger partial charge < -0.3 is 11.1 Å². The van der Waals surface area contributed by atoms with Crippen LogP contribution in [0.1, 0.15) is 46.5 Å². The van der Waals surface area contributed by atoms with Crippen molar-refractivity contribution in [1.82, 2.24) is 10.2 Å². The van der Waals surface area contributed by atoms with Crippen molar-refractivity contribution in [2.45, 2.75) is 52.5 Å². The van der Waals surface area contributed by atoms with Gasteiger partial charge in [-0.05, 0) is 44.7 Å². The third kappa shape index (κ3) is 7.97. The van der Waals surface area contributed by atoms with E-state index >= 15 is 0 Å². The van der Waals surface area contributed by atoms with Crippen molar-refractivity contribution in [1.29, 1.82) is 0 Å². The van der Waals surface area contributed by atoms with Crippen LogP contribution in [0.4, 0.5) is 0 Å². The van der Waals surface area contributed by atoms with Crippen molar-refractivity contribution in [3.63, 3.8) is 0 Å². The summed E-state index contributed by atoms with van der Waals surface area (Å²) in [7, 11) is 0. The van der Waals surface area contributed by atoms with Gasteiger partial charge in [0.1, 0.15) is 0 Å². The smallest absolute Gasteiger partial charge is 0.188 e. The van der Waals surface area contributed by atoms with Gasteiger partial charge in [0.2, 0.25) is 0 Å². The van der Waals surface area contributed by atoms with Crippen LogP contribution in [-0.4, -0.2) is 43.1 Å². The number of nitrogens with two attached hydrogens (primary N) is 1. The molecule has 1 aliphatic heterocycles. The van der Waals surface area contributed by atoms with Crippen molar-refractivity contribution in [3.8, 4) is 0 Å². The third-order valence-electron chi connectivity index (χ3n) is 3.63. The molecule has 0 aliphatic carbocycles. The predicted molar refractivity (Wildman–Crippen MR) is 94.2 cm³/mol. The van der Waals surface area contributed by atoms with E-state index in [-0.39, 0.29) is 24.0 Å². The minimum atomic E-state index is 0. The summed E-state index contributed by atoms with van der Waals surface area (Å²) in [6.45, 7) is 10.9. The molecular formula is C14H31IN4. The van der Waals surface area contributed by atoms with E-state index in [1.807, 2.05) is 0 Å². The van der Waals surface area contributed by atoms with Crippen LogP contribution >= 0.6 is 24.0 Å². The van der Waals surface area contributed by atoms with Crippen LogP contribution in [0.15, 0.2) is 4.99 Å². The van der Waals surface area contributed by atoms with E-state index in [1.54, 1.807) is 0 Å². The van der Waals surface area contributed by atoms with E-state index in [0.29, 0.717) is 17.9 Å². The van der Waals surface area contributed by atoms with Gasteiger partial charge in [0, 0.05) is 12.6 Å². The normalized spacial score (nSPS) is 18.4. The third-order valence-corrected chi connectivity index (χ3v) is 3.63. The van der Waals surface area contributed by atoms with E-state index in [0.717, 1.165) is 25.9 Å². The van der Waals surface area contributed by atoms with Crippen LogP contribution in [0.2, 0.25) is 0 Å². The number of hydrogen-bond donors (Lipinski definition) is 2. The maximum absolute atomic E-state index is 5.88. The number of likely N-dealkylation sites (tertiary alicyclic amines) is 1. The van der Waals surface area contributed by atoms with Gasteiger partial charge in [-0.1, -0.05) is 20.8 Å². The second-order valence-corrected chi connectivity index (χ2v) is 5.64. The molecule has 0 spiro atoms. The Hall–Kier alpha value is -0.0400. The standard InChI is InChI=1S/C14H30N4.HI/c1-4-13(18-9-5-6-10-18)11-17-14(15)16-8-7-12(2)3;/h12-13H,4-11H2,1-3H3,(H3,15,16,17);1H. The Labute approximate surface area is 135 Å². The second kappa shape index (κ2) is 10.7. The molecule has 1 aliphatic rings. The molecule has 0 aromatic carbocycles. The lowest BCUT2D eigenvalue weighted by Crippen LogP contribution is -2.37. The van der Waals surface area contributed by atoms with Crippen LogP contribution in [-0.2, 0) is 0 Å². The first-order chi connectivity index (χ1) is 8.63. The summed E-state index contributed by atoms with van der Waals surface area (Å²) >= 11 is 0. The highest BCUT2D eigenvalue weighted by Gasteiger charge is 2.19. The van der Waals surface area contributed by atoms with Crippen LogP contribution < -0.4 is 11.1 Å². The summed E-state index contributed by atoms with van der Waals surface area (Å²) in [4.78, 5) is 7.02. The van der Waals surface area contributed by atoms with Gasteiger partial charge in [0.15, 0.2) is 5.96 Å². The van der Waals surface area contributed by atoms with Gasteiger partial charge in [-0.3, -0.25) is 9.89 Å². The maximum atomic E-state index is 5.88. The highest BCUT2D eigenvalue weighted by molar-refractivity contribution is 14.0. The fourth-order valence-corrected chi connectivity index (χ4v) is 2.36. The minimum Gasteiger partial charge on any atom is -0.370 e. The Balaban J connectivity index is 0.00000324. The first-order valence-corrected chi connectivity index (χ1v) is 7.41. The number of nitrogens with zero attached hydrogens (tertiary/aromatic N) is 2. The summed E-state index contributed by atoms with van der Waals surface area (Å²) in [5.74, 6) is 1.31. The largest absolute Gasteiger partial charge is 0.370 e. The van der Waals surface area contributed by atoms with E-state index in [4.69, 9.17) is 5.73 Å². The highest BCUT2D eigenvalue weighted by Crippen LogP contribution is 2.14. The molecule has 1 atom stereocenters. The average molecular weight is 382 g/mol. The van der Waals surface area contributed by atoms with Gasteiger partial charge in [-0.25, -0.2) is 0 Å². The van der Waals surface area contributed by atoms with E-state index in [2.05, 4.69) is 36.0 Å². The molecule has 0 aromatic rings. The molecule has 0 radical (unpaired) electrons. The van der Waals surface area contributed by atoms with E-state index < -0.39 is 0 Å². The fraction of sp³-hybridized carbons (Fsp3) is 0.929. The van der Waals surface area contributed by atoms with Crippen molar-refractivity contribution in [3.05, 3.63) is 0 Å². The number of rotatable bonds is 7. The molecule has 114 valence electrons. The molecule has 1 saturated heterocycles. The molecule has 1 heterocycles. The molecule has 0 saturated carbocycles. The Kier molecular flexibility index (Phi) is 10.7. The molecule has 1 fully saturated rings. The quantitative estimate of drug-likeness (QED) is 0.404. The lowest BCUT2D eigenvalue weighted by atomic mass is 10.1. The molecular weight excluding hydrogens is 351 g/mol. The molecule has 5 heteroatoms. The van der Waals surface area contributed by atoms with Crippen LogP contribution in [0, 0.1) is 5.92 Å². The maximum Gasteiger partial charge on any atom is 0.188 e. The van der Waals surface area contributed by atoms with Crippen LogP contribution in [0.25, 0.3) is 0 Å². The summed E-state index contributed by atoms with van der Waals surface area (Å²) in [5.41, 5.74) is 5.88. The Morgan fingerprint density at radius 2 is 1.95 bits per heavy atom. The number of halogens is 1. The zero-order valence-corrected chi connectivity index (χ0v) is 15.0. The lowest BCUT2D eigenvalue weighted by Gasteiger charge is -2.24. The molecule has 0 aromatic heterocycles.